The van der Waals surface area contributed by atoms with Gasteiger partial charge < -0.3 is 10.6 Å². The zero-order chi connectivity index (χ0) is 17.7. The number of nitrogens with zero attached hydrogens (tertiary/aromatic N) is 2. The van der Waals surface area contributed by atoms with E-state index in [1.165, 1.54) is 0 Å². The predicted molar refractivity (Wildman–Crippen MR) is 96.7 cm³/mol. The highest BCUT2D eigenvalue weighted by Crippen LogP contribution is 2.29. The normalized spacial score (nSPS) is 20.2. The average Bonchev–Trinajstić information content (AvgIpc) is 2.69. The Balaban J connectivity index is 1.86. The number of imidazole rings is 1. The maximum atomic E-state index is 12.9. The van der Waals surface area contributed by atoms with Gasteiger partial charge in [-0.1, -0.05) is 11.6 Å². The summed E-state index contributed by atoms with van der Waals surface area (Å²) in [4.78, 5) is 17.3. The summed E-state index contributed by atoms with van der Waals surface area (Å²) in [5.74, 6) is -0.0826. The predicted octanol–water partition coefficient (Wildman–Crippen LogP) is 3.34. The Labute approximate surface area is 147 Å². The number of piperidine rings is 1. The molecule has 0 aromatic carbocycles. The minimum atomic E-state index is -0.0826. The third kappa shape index (κ3) is 3.42. The molecule has 0 radical (unpaired) electrons. The van der Waals surface area contributed by atoms with Crippen molar-refractivity contribution >= 4 is 23.2 Å². The molecule has 2 N–H and O–H groups in total. The topological polar surface area (TPSA) is 58.4 Å². The lowest BCUT2D eigenvalue weighted by atomic mass is 9.79. The van der Waals surface area contributed by atoms with Crippen LogP contribution in [-0.4, -0.2) is 32.4 Å². The fourth-order valence-electron chi connectivity index (χ4n) is 4.09. The summed E-state index contributed by atoms with van der Waals surface area (Å²) < 4.78 is 1.80. The maximum absolute atomic E-state index is 12.9. The number of aromatic nitrogens is 2. The molecule has 0 bridgehead atoms. The molecular weight excluding hydrogens is 324 g/mol. The van der Waals surface area contributed by atoms with Crippen LogP contribution in [0.25, 0.3) is 5.65 Å². The Hall–Kier alpha value is -1.59. The fourth-order valence-corrected chi connectivity index (χ4v) is 4.24. The smallest absolute Gasteiger partial charge is 0.270 e. The first-order valence-corrected chi connectivity index (χ1v) is 8.69. The first-order valence-electron chi connectivity index (χ1n) is 8.31. The van der Waals surface area contributed by atoms with E-state index >= 15 is 0 Å². The summed E-state index contributed by atoms with van der Waals surface area (Å²) in [7, 11) is 0. The third-order valence-electron chi connectivity index (χ3n) is 4.50. The molecule has 3 heterocycles. The molecule has 1 fully saturated rings. The lowest BCUT2D eigenvalue weighted by molar-refractivity contribution is 0.0867. The van der Waals surface area contributed by atoms with Crippen molar-refractivity contribution in [3.63, 3.8) is 0 Å². The van der Waals surface area contributed by atoms with Crippen LogP contribution < -0.4 is 10.6 Å². The Morgan fingerprint density at radius 1 is 1.33 bits per heavy atom. The van der Waals surface area contributed by atoms with E-state index in [0.717, 1.165) is 12.8 Å². The monoisotopic (exact) mass is 348 g/mol. The lowest BCUT2D eigenvalue weighted by Gasteiger charge is -2.46. The van der Waals surface area contributed by atoms with Gasteiger partial charge in [-0.25, -0.2) is 4.98 Å². The summed E-state index contributed by atoms with van der Waals surface area (Å²) in [5.41, 5.74) is 1.96. The highest BCUT2D eigenvalue weighted by Gasteiger charge is 2.38. The van der Waals surface area contributed by atoms with Crippen LogP contribution in [0.2, 0.25) is 5.02 Å². The van der Waals surface area contributed by atoms with Crippen molar-refractivity contribution in [3.8, 4) is 0 Å². The van der Waals surface area contributed by atoms with Gasteiger partial charge >= 0.3 is 0 Å². The molecule has 0 spiro atoms. The average molecular weight is 349 g/mol. The largest absolute Gasteiger partial charge is 0.348 e. The minimum Gasteiger partial charge on any atom is -0.348 e. The van der Waals surface area contributed by atoms with Crippen molar-refractivity contribution in [2.75, 3.05) is 0 Å². The standard InChI is InChI=1S/C18H25ClN4O/c1-11-15(23-7-6-12(19)8-14(23)20-11)16(24)21-13-9-17(2,3)22-18(4,5)10-13/h6-8,13,22H,9-10H2,1-5H3,(H,21,24). The number of carbonyl (C=O) groups is 1. The van der Waals surface area contributed by atoms with Crippen LogP contribution in [0.15, 0.2) is 18.3 Å². The van der Waals surface area contributed by atoms with E-state index < -0.39 is 0 Å². The first kappa shape index (κ1) is 17.2. The molecule has 0 saturated carbocycles. The highest BCUT2D eigenvalue weighted by molar-refractivity contribution is 6.30. The molecule has 1 aliphatic rings. The molecule has 1 saturated heterocycles. The first-order chi connectivity index (χ1) is 11.1. The van der Waals surface area contributed by atoms with E-state index in [9.17, 15) is 4.79 Å². The third-order valence-corrected chi connectivity index (χ3v) is 4.74. The van der Waals surface area contributed by atoms with Gasteiger partial charge in [-0.3, -0.25) is 9.20 Å². The van der Waals surface area contributed by atoms with Crippen LogP contribution in [0.4, 0.5) is 0 Å². The van der Waals surface area contributed by atoms with Crippen molar-refractivity contribution < 1.29 is 4.79 Å². The molecule has 2 aromatic rings. The van der Waals surface area contributed by atoms with Crippen LogP contribution in [0.5, 0.6) is 0 Å². The summed E-state index contributed by atoms with van der Waals surface area (Å²) in [6.07, 6.45) is 3.58. The SMILES string of the molecule is Cc1nc2cc(Cl)ccn2c1C(=O)NC1CC(C)(C)NC(C)(C)C1. The van der Waals surface area contributed by atoms with E-state index in [1.54, 1.807) is 22.7 Å². The van der Waals surface area contributed by atoms with E-state index in [0.29, 0.717) is 22.1 Å². The number of fused-ring (bicyclic) bond motifs is 1. The molecular formula is C18H25ClN4O. The Bertz CT molecular complexity index is 778. The molecule has 0 atom stereocenters. The van der Waals surface area contributed by atoms with Gasteiger partial charge in [0.15, 0.2) is 0 Å². The Morgan fingerprint density at radius 3 is 2.58 bits per heavy atom. The van der Waals surface area contributed by atoms with Gasteiger partial charge in [0, 0.05) is 34.4 Å². The number of hydrogen-bond acceptors (Lipinski definition) is 3. The second-order valence-corrected chi connectivity index (χ2v) is 8.53. The number of halogens is 1. The fraction of sp³-hybridized carbons (Fsp3) is 0.556. The van der Waals surface area contributed by atoms with Gasteiger partial charge in [0.1, 0.15) is 11.3 Å². The molecule has 1 amide bonds. The van der Waals surface area contributed by atoms with Crippen molar-refractivity contribution in [3.05, 3.63) is 34.7 Å². The van der Waals surface area contributed by atoms with E-state index in [-0.39, 0.29) is 23.0 Å². The minimum absolute atomic E-state index is 0.0122. The maximum Gasteiger partial charge on any atom is 0.270 e. The zero-order valence-electron chi connectivity index (χ0n) is 14.9. The number of aryl methyl sites for hydroxylation is 1. The molecule has 3 rings (SSSR count). The number of pyridine rings is 1. The zero-order valence-corrected chi connectivity index (χ0v) is 15.7. The van der Waals surface area contributed by atoms with Gasteiger partial charge in [0.2, 0.25) is 0 Å². The molecule has 2 aromatic heterocycles. The number of rotatable bonds is 2. The molecule has 130 valence electrons. The van der Waals surface area contributed by atoms with Gasteiger partial charge in [-0.15, -0.1) is 0 Å². The second-order valence-electron chi connectivity index (χ2n) is 8.09. The van der Waals surface area contributed by atoms with Crippen LogP contribution in [0.1, 0.15) is 56.7 Å². The molecule has 5 nitrogen and oxygen atoms in total. The summed E-state index contributed by atoms with van der Waals surface area (Å²) in [6, 6.07) is 3.66. The van der Waals surface area contributed by atoms with Crippen molar-refractivity contribution in [1.82, 2.24) is 20.0 Å². The van der Waals surface area contributed by atoms with Gasteiger partial charge in [0.25, 0.3) is 5.91 Å². The summed E-state index contributed by atoms with van der Waals surface area (Å²) in [5, 5.41) is 7.45. The van der Waals surface area contributed by atoms with Crippen molar-refractivity contribution in [2.24, 2.45) is 0 Å². The van der Waals surface area contributed by atoms with Crippen LogP contribution in [0.3, 0.4) is 0 Å². The summed E-state index contributed by atoms with van der Waals surface area (Å²) >= 11 is 6.02. The molecule has 0 unspecified atom stereocenters. The Morgan fingerprint density at radius 2 is 1.96 bits per heavy atom. The van der Waals surface area contributed by atoms with Gasteiger partial charge in [-0.05, 0) is 53.5 Å². The van der Waals surface area contributed by atoms with E-state index in [4.69, 9.17) is 11.6 Å². The Kier molecular flexibility index (Phi) is 4.12. The van der Waals surface area contributed by atoms with Crippen molar-refractivity contribution in [1.29, 1.82) is 0 Å². The van der Waals surface area contributed by atoms with E-state index in [1.807, 2.05) is 6.92 Å². The van der Waals surface area contributed by atoms with Crippen LogP contribution >= 0.6 is 11.6 Å². The molecule has 6 heteroatoms. The number of hydrogen-bond donors (Lipinski definition) is 2. The van der Waals surface area contributed by atoms with Crippen LogP contribution in [-0.2, 0) is 0 Å². The molecule has 0 aliphatic carbocycles. The van der Waals surface area contributed by atoms with Crippen molar-refractivity contribution in [2.45, 2.75) is 64.6 Å². The summed E-state index contributed by atoms with van der Waals surface area (Å²) in [6.45, 7) is 10.6. The quantitative estimate of drug-likeness (QED) is 0.875. The number of nitrogens with one attached hydrogen (secondary N) is 2. The number of carbonyl (C=O) groups excluding carboxylic acids is 1. The molecule has 24 heavy (non-hydrogen) atoms. The number of amides is 1. The molecule has 1 aliphatic heterocycles. The highest BCUT2D eigenvalue weighted by atomic mass is 35.5. The second kappa shape index (κ2) is 5.74. The van der Waals surface area contributed by atoms with E-state index in [2.05, 4.69) is 43.3 Å². The lowest BCUT2D eigenvalue weighted by Crippen LogP contribution is -2.62. The van der Waals surface area contributed by atoms with Gasteiger partial charge in [0.05, 0.1) is 5.69 Å². The van der Waals surface area contributed by atoms with Crippen LogP contribution in [0, 0.1) is 6.92 Å². The van der Waals surface area contributed by atoms with Gasteiger partial charge in [-0.2, -0.15) is 0 Å².